The Morgan fingerprint density at radius 2 is 2.00 bits per heavy atom. The smallest absolute Gasteiger partial charge is 0.175 e. The van der Waals surface area contributed by atoms with Gasteiger partial charge in [-0.3, -0.25) is 0 Å². The van der Waals surface area contributed by atoms with Crippen molar-refractivity contribution in [2.75, 3.05) is 20.0 Å². The summed E-state index contributed by atoms with van der Waals surface area (Å²) in [6, 6.07) is 5.50. The number of ether oxygens (including phenoxy) is 2. The van der Waals surface area contributed by atoms with E-state index in [9.17, 15) is 0 Å². The molecule has 2 rings (SSSR count). The van der Waals surface area contributed by atoms with Gasteiger partial charge >= 0.3 is 0 Å². The highest BCUT2D eigenvalue weighted by molar-refractivity contribution is 5.80. The lowest BCUT2D eigenvalue weighted by atomic mass is 10.0. The van der Waals surface area contributed by atoms with Gasteiger partial charge in [0.05, 0.1) is 19.8 Å². The van der Waals surface area contributed by atoms with Gasteiger partial charge in [-0.25, -0.2) is 0 Å². The summed E-state index contributed by atoms with van der Waals surface area (Å²) in [5.74, 6) is 2.40. The Kier molecular flexibility index (Phi) is 2.91. The molecule has 2 aromatic rings. The summed E-state index contributed by atoms with van der Waals surface area (Å²) in [5, 5.41) is 3.73. The van der Waals surface area contributed by atoms with E-state index in [-0.39, 0.29) is 0 Å². The molecule has 0 aliphatic carbocycles. The van der Waals surface area contributed by atoms with Crippen LogP contribution in [0.4, 0.5) is 5.82 Å². The normalized spacial score (nSPS) is 10.3. The van der Waals surface area contributed by atoms with Crippen molar-refractivity contribution in [3.63, 3.8) is 0 Å². The molecule has 0 fully saturated rings. The number of nitrogen functional groups attached to an aromatic ring is 1. The molecule has 0 amide bonds. The van der Waals surface area contributed by atoms with E-state index in [1.807, 2.05) is 19.1 Å². The van der Waals surface area contributed by atoms with Crippen LogP contribution in [0.5, 0.6) is 11.5 Å². The Bertz CT molecular complexity index is 515. The molecule has 0 saturated carbocycles. The summed E-state index contributed by atoms with van der Waals surface area (Å²) < 4.78 is 15.5. The number of nitrogens with zero attached hydrogens (tertiary/aromatic N) is 1. The molecule has 0 saturated heterocycles. The van der Waals surface area contributed by atoms with Gasteiger partial charge in [-0.05, 0) is 19.1 Å². The van der Waals surface area contributed by atoms with E-state index in [1.54, 1.807) is 20.3 Å². The number of methoxy groups -OCH3 is 2. The van der Waals surface area contributed by atoms with Crippen molar-refractivity contribution in [1.82, 2.24) is 5.16 Å². The second kappa shape index (κ2) is 4.37. The van der Waals surface area contributed by atoms with Gasteiger partial charge in [-0.1, -0.05) is 5.16 Å². The number of hydrogen-bond acceptors (Lipinski definition) is 5. The van der Waals surface area contributed by atoms with E-state index >= 15 is 0 Å². The molecule has 0 aliphatic rings. The van der Waals surface area contributed by atoms with Gasteiger partial charge in [-0.15, -0.1) is 0 Å². The Hall–Kier alpha value is -2.17. The number of nitrogens with two attached hydrogens (primary N) is 1. The molecular weight excluding hydrogens is 220 g/mol. The van der Waals surface area contributed by atoms with Gasteiger partial charge in [0, 0.05) is 11.6 Å². The lowest BCUT2D eigenvalue weighted by molar-refractivity contribution is 0.394. The van der Waals surface area contributed by atoms with Crippen LogP contribution in [0.1, 0.15) is 5.76 Å². The molecule has 1 aromatic heterocycles. The van der Waals surface area contributed by atoms with Crippen molar-refractivity contribution in [3.05, 3.63) is 24.0 Å². The quantitative estimate of drug-likeness (QED) is 0.881. The minimum Gasteiger partial charge on any atom is -0.497 e. The van der Waals surface area contributed by atoms with Crippen molar-refractivity contribution in [2.45, 2.75) is 6.92 Å². The Balaban J connectivity index is 2.59. The molecule has 0 radical (unpaired) electrons. The summed E-state index contributed by atoms with van der Waals surface area (Å²) >= 11 is 0. The summed E-state index contributed by atoms with van der Waals surface area (Å²) in [7, 11) is 3.20. The van der Waals surface area contributed by atoms with Crippen molar-refractivity contribution in [2.24, 2.45) is 0 Å². The maximum absolute atomic E-state index is 5.78. The van der Waals surface area contributed by atoms with Crippen LogP contribution in [-0.2, 0) is 0 Å². The zero-order chi connectivity index (χ0) is 12.4. The highest BCUT2D eigenvalue weighted by Crippen LogP contribution is 2.37. The maximum Gasteiger partial charge on any atom is 0.175 e. The minimum absolute atomic E-state index is 0.353. The lowest BCUT2D eigenvalue weighted by Crippen LogP contribution is -1.93. The molecule has 17 heavy (non-hydrogen) atoms. The van der Waals surface area contributed by atoms with E-state index in [2.05, 4.69) is 5.16 Å². The fourth-order valence-corrected chi connectivity index (χ4v) is 1.72. The number of aryl methyl sites for hydroxylation is 1. The summed E-state index contributed by atoms with van der Waals surface area (Å²) in [5.41, 5.74) is 7.37. The van der Waals surface area contributed by atoms with E-state index in [4.69, 9.17) is 19.7 Å². The predicted octanol–water partition coefficient (Wildman–Crippen LogP) is 2.25. The molecule has 5 nitrogen and oxygen atoms in total. The molecule has 5 heteroatoms. The largest absolute Gasteiger partial charge is 0.497 e. The first-order valence-corrected chi connectivity index (χ1v) is 5.11. The number of anilines is 1. The molecule has 0 unspecified atom stereocenters. The molecule has 2 N–H and O–H groups in total. The highest BCUT2D eigenvalue weighted by atomic mass is 16.5. The Morgan fingerprint density at radius 1 is 1.24 bits per heavy atom. The highest BCUT2D eigenvalue weighted by Gasteiger charge is 2.16. The van der Waals surface area contributed by atoms with Crippen LogP contribution < -0.4 is 15.2 Å². The second-order valence-corrected chi connectivity index (χ2v) is 3.57. The lowest BCUT2D eigenvalue weighted by Gasteiger charge is -2.09. The average molecular weight is 234 g/mol. The van der Waals surface area contributed by atoms with Crippen LogP contribution in [0, 0.1) is 6.92 Å². The fourth-order valence-electron chi connectivity index (χ4n) is 1.72. The topological polar surface area (TPSA) is 70.5 Å². The van der Waals surface area contributed by atoms with Crippen LogP contribution in [0.25, 0.3) is 11.1 Å². The number of rotatable bonds is 3. The first kappa shape index (κ1) is 11.3. The van der Waals surface area contributed by atoms with E-state index in [0.29, 0.717) is 17.3 Å². The minimum atomic E-state index is 0.353. The third-order valence-electron chi connectivity index (χ3n) is 2.57. The molecule has 0 aliphatic heterocycles. The fraction of sp³-hybridized carbons (Fsp3) is 0.250. The second-order valence-electron chi connectivity index (χ2n) is 3.57. The zero-order valence-corrected chi connectivity index (χ0v) is 9.98. The van der Waals surface area contributed by atoms with Crippen LogP contribution in [0.3, 0.4) is 0 Å². The molecule has 1 aromatic carbocycles. The van der Waals surface area contributed by atoms with Gasteiger partial charge in [0.1, 0.15) is 17.3 Å². The Labute approximate surface area is 99.1 Å². The third-order valence-corrected chi connectivity index (χ3v) is 2.57. The van der Waals surface area contributed by atoms with Crippen molar-refractivity contribution < 1.29 is 14.0 Å². The number of hydrogen-bond donors (Lipinski definition) is 1. The van der Waals surface area contributed by atoms with Gasteiger partial charge in [-0.2, -0.15) is 0 Å². The van der Waals surface area contributed by atoms with Crippen LogP contribution >= 0.6 is 0 Å². The predicted molar refractivity (Wildman–Crippen MR) is 64.2 cm³/mol. The standard InChI is InChI=1S/C12H14N2O3/c1-7-11(12(13)14-17-7)9-5-4-8(15-2)6-10(9)16-3/h4-6H,1-3H3,(H2,13,14). The monoisotopic (exact) mass is 234 g/mol. The third kappa shape index (κ3) is 1.91. The summed E-state index contributed by atoms with van der Waals surface area (Å²) in [4.78, 5) is 0. The van der Waals surface area contributed by atoms with Gasteiger partial charge in [0.2, 0.25) is 0 Å². The SMILES string of the molecule is COc1ccc(-c2c(N)noc2C)c(OC)c1. The molecule has 90 valence electrons. The first-order valence-electron chi connectivity index (χ1n) is 5.11. The Morgan fingerprint density at radius 3 is 2.53 bits per heavy atom. The first-order chi connectivity index (χ1) is 8.17. The molecule has 0 atom stereocenters. The van der Waals surface area contributed by atoms with Gasteiger partial charge in [0.15, 0.2) is 5.82 Å². The van der Waals surface area contributed by atoms with Gasteiger partial charge in [0.25, 0.3) is 0 Å². The van der Waals surface area contributed by atoms with Crippen molar-refractivity contribution >= 4 is 5.82 Å². The maximum atomic E-state index is 5.78. The summed E-state index contributed by atoms with van der Waals surface area (Å²) in [6.45, 7) is 1.81. The van der Waals surface area contributed by atoms with Crippen LogP contribution in [0.2, 0.25) is 0 Å². The van der Waals surface area contributed by atoms with Crippen molar-refractivity contribution in [1.29, 1.82) is 0 Å². The summed E-state index contributed by atoms with van der Waals surface area (Å²) in [6.07, 6.45) is 0. The van der Waals surface area contributed by atoms with Crippen LogP contribution in [-0.4, -0.2) is 19.4 Å². The number of aromatic nitrogens is 1. The average Bonchev–Trinajstić information content (AvgIpc) is 2.68. The molecular formula is C12H14N2O3. The zero-order valence-electron chi connectivity index (χ0n) is 9.98. The van der Waals surface area contributed by atoms with Crippen molar-refractivity contribution in [3.8, 4) is 22.6 Å². The van der Waals surface area contributed by atoms with Gasteiger partial charge < -0.3 is 19.7 Å². The van der Waals surface area contributed by atoms with Crippen LogP contribution in [0.15, 0.2) is 22.7 Å². The molecule has 0 bridgehead atoms. The number of benzene rings is 1. The van der Waals surface area contributed by atoms with E-state index in [1.165, 1.54) is 0 Å². The molecule has 1 heterocycles. The molecule has 0 spiro atoms. The van der Waals surface area contributed by atoms with E-state index < -0.39 is 0 Å². The van der Waals surface area contributed by atoms with E-state index in [0.717, 1.165) is 16.9 Å².